The van der Waals surface area contributed by atoms with E-state index >= 15 is 0 Å². The first-order valence-electron chi connectivity index (χ1n) is 10.5. The lowest BCUT2D eigenvalue weighted by molar-refractivity contribution is 0.590. The average molecular weight is 385 g/mol. The van der Waals surface area contributed by atoms with Gasteiger partial charge in [0, 0.05) is 5.69 Å². The summed E-state index contributed by atoms with van der Waals surface area (Å²) in [6, 6.07) is 22.4. The normalized spacial score (nSPS) is 13.6. The van der Waals surface area contributed by atoms with Crippen LogP contribution in [-0.2, 0) is 10.8 Å². The third kappa shape index (κ3) is 3.64. The molecule has 0 aliphatic carbocycles. The maximum atomic E-state index is 3.73. The van der Waals surface area contributed by atoms with Crippen molar-refractivity contribution in [1.29, 1.82) is 0 Å². The highest BCUT2D eigenvalue weighted by Crippen LogP contribution is 2.49. The van der Waals surface area contributed by atoms with Gasteiger partial charge in [-0.05, 0) is 65.3 Å². The van der Waals surface area contributed by atoms with Crippen LogP contribution in [-0.4, -0.2) is 0 Å². The molecule has 3 aromatic rings. The van der Waals surface area contributed by atoms with Gasteiger partial charge in [-0.2, -0.15) is 0 Å². The average Bonchev–Trinajstić information content (AvgIpc) is 2.64. The van der Waals surface area contributed by atoms with Gasteiger partial charge in [0.1, 0.15) is 0 Å². The molecule has 2 heteroatoms. The number of nitrogens with one attached hydrogen (secondary N) is 1. The fraction of sp³-hybridized carbons (Fsp3) is 0.333. The van der Waals surface area contributed by atoms with Gasteiger partial charge in [0.05, 0.1) is 22.7 Å². The van der Waals surface area contributed by atoms with Gasteiger partial charge in [-0.15, -0.1) is 0 Å². The van der Waals surface area contributed by atoms with Gasteiger partial charge in [-0.1, -0.05) is 71.4 Å². The maximum Gasteiger partial charge on any atom is 0.0697 e. The van der Waals surface area contributed by atoms with Gasteiger partial charge in [0.25, 0.3) is 0 Å². The van der Waals surface area contributed by atoms with Crippen molar-refractivity contribution in [1.82, 2.24) is 0 Å². The summed E-state index contributed by atoms with van der Waals surface area (Å²) in [6.07, 6.45) is 0. The molecule has 0 aromatic heterocycles. The van der Waals surface area contributed by atoms with E-state index in [2.05, 4.69) is 119 Å². The van der Waals surface area contributed by atoms with E-state index in [1.54, 1.807) is 0 Å². The van der Waals surface area contributed by atoms with Crippen LogP contribution in [0.25, 0.3) is 0 Å². The zero-order chi connectivity index (χ0) is 21.0. The van der Waals surface area contributed by atoms with Gasteiger partial charge < -0.3 is 10.2 Å². The minimum Gasteiger partial charge on any atom is -0.352 e. The molecular formula is C27H32N2. The third-order valence-electron chi connectivity index (χ3n) is 5.77. The summed E-state index contributed by atoms with van der Waals surface area (Å²) in [6.45, 7) is 15.7. The lowest BCUT2D eigenvalue weighted by Gasteiger charge is -2.36. The van der Waals surface area contributed by atoms with Crippen molar-refractivity contribution in [2.75, 3.05) is 10.2 Å². The number of nitrogens with zero attached hydrogens (tertiary/aromatic N) is 1. The quantitative estimate of drug-likeness (QED) is 0.356. The van der Waals surface area contributed by atoms with Crippen molar-refractivity contribution in [2.24, 2.45) is 0 Å². The van der Waals surface area contributed by atoms with Crippen LogP contribution in [0, 0.1) is 6.92 Å². The highest BCUT2D eigenvalue weighted by molar-refractivity contribution is 5.97. The highest BCUT2D eigenvalue weighted by Gasteiger charge is 2.27. The standard InChI is InChI=1S/C27H32N2/c1-18-8-12-21(13-9-18)29-24-14-10-19(26(2,3)4)16-22(24)28-23-17-20(27(5,6)7)11-15-25(23)29/h8-17,28H,1-7H3. The van der Waals surface area contributed by atoms with Crippen LogP contribution >= 0.6 is 0 Å². The van der Waals surface area contributed by atoms with Crippen LogP contribution < -0.4 is 10.2 Å². The van der Waals surface area contributed by atoms with Gasteiger partial charge >= 0.3 is 0 Å². The predicted octanol–water partition coefficient (Wildman–Crippen LogP) is 8.12. The summed E-state index contributed by atoms with van der Waals surface area (Å²) in [5, 5.41) is 3.73. The Kier molecular flexibility index (Phi) is 4.49. The van der Waals surface area contributed by atoms with Gasteiger partial charge in [0.15, 0.2) is 0 Å². The summed E-state index contributed by atoms with van der Waals surface area (Å²) in [5.41, 5.74) is 10.1. The van der Waals surface area contributed by atoms with Crippen LogP contribution in [0.2, 0.25) is 0 Å². The Balaban J connectivity index is 1.92. The van der Waals surface area contributed by atoms with Crippen molar-refractivity contribution in [3.8, 4) is 0 Å². The first-order chi connectivity index (χ1) is 13.5. The highest BCUT2D eigenvalue weighted by atomic mass is 15.2. The smallest absolute Gasteiger partial charge is 0.0697 e. The van der Waals surface area contributed by atoms with Gasteiger partial charge in [-0.3, -0.25) is 0 Å². The first kappa shape index (κ1) is 19.6. The molecular weight excluding hydrogens is 352 g/mol. The Morgan fingerprint density at radius 3 is 1.48 bits per heavy atom. The van der Waals surface area contributed by atoms with Crippen molar-refractivity contribution in [2.45, 2.75) is 59.3 Å². The minimum atomic E-state index is 0.110. The molecule has 0 fully saturated rings. The van der Waals surface area contributed by atoms with E-state index in [-0.39, 0.29) is 10.8 Å². The molecule has 4 rings (SSSR count). The lowest BCUT2D eigenvalue weighted by atomic mass is 9.85. The number of hydrogen-bond donors (Lipinski definition) is 1. The van der Waals surface area contributed by atoms with Crippen LogP contribution in [0.1, 0.15) is 58.2 Å². The van der Waals surface area contributed by atoms with E-state index in [0.29, 0.717) is 0 Å². The Labute approximate surface area is 175 Å². The molecule has 0 bridgehead atoms. The molecule has 1 aliphatic heterocycles. The second-order valence-corrected chi connectivity index (χ2v) is 10.3. The first-order valence-corrected chi connectivity index (χ1v) is 10.5. The summed E-state index contributed by atoms with van der Waals surface area (Å²) in [7, 11) is 0. The SMILES string of the molecule is Cc1ccc(N2c3ccc(C(C)(C)C)cc3Nc3cc(C(C)(C)C)ccc32)cc1. The zero-order valence-electron chi connectivity index (χ0n) is 18.7. The Morgan fingerprint density at radius 1 is 0.621 bits per heavy atom. The van der Waals surface area contributed by atoms with E-state index < -0.39 is 0 Å². The molecule has 150 valence electrons. The fourth-order valence-corrected chi connectivity index (χ4v) is 3.84. The van der Waals surface area contributed by atoms with E-state index in [9.17, 15) is 0 Å². The molecule has 0 spiro atoms. The Morgan fingerprint density at radius 2 is 1.07 bits per heavy atom. The second kappa shape index (κ2) is 6.66. The van der Waals surface area contributed by atoms with E-state index in [1.807, 2.05) is 0 Å². The molecule has 0 amide bonds. The summed E-state index contributed by atoms with van der Waals surface area (Å²) in [5.74, 6) is 0. The summed E-state index contributed by atoms with van der Waals surface area (Å²) >= 11 is 0. The second-order valence-electron chi connectivity index (χ2n) is 10.3. The number of aryl methyl sites for hydroxylation is 1. The third-order valence-corrected chi connectivity index (χ3v) is 5.77. The van der Waals surface area contributed by atoms with Crippen LogP contribution in [0.4, 0.5) is 28.4 Å². The molecule has 29 heavy (non-hydrogen) atoms. The number of benzene rings is 3. The Bertz CT molecular complexity index is 984. The molecule has 0 atom stereocenters. The van der Waals surface area contributed by atoms with Crippen molar-refractivity contribution < 1.29 is 0 Å². The van der Waals surface area contributed by atoms with Gasteiger partial charge in [-0.25, -0.2) is 0 Å². The number of rotatable bonds is 1. The molecule has 1 heterocycles. The molecule has 0 radical (unpaired) electrons. The number of fused-ring (bicyclic) bond motifs is 2. The zero-order valence-corrected chi connectivity index (χ0v) is 18.7. The molecule has 0 saturated carbocycles. The molecule has 3 aromatic carbocycles. The summed E-state index contributed by atoms with van der Waals surface area (Å²) in [4.78, 5) is 2.37. The number of hydrogen-bond acceptors (Lipinski definition) is 2. The van der Waals surface area contributed by atoms with Crippen molar-refractivity contribution in [3.05, 3.63) is 77.4 Å². The minimum absolute atomic E-state index is 0.110. The monoisotopic (exact) mass is 384 g/mol. The molecule has 1 aliphatic rings. The summed E-state index contributed by atoms with van der Waals surface area (Å²) < 4.78 is 0. The maximum absolute atomic E-state index is 3.73. The van der Waals surface area contributed by atoms with E-state index in [1.165, 1.54) is 33.8 Å². The molecule has 0 unspecified atom stereocenters. The molecule has 2 nitrogen and oxygen atoms in total. The molecule has 0 saturated heterocycles. The predicted molar refractivity (Wildman–Crippen MR) is 127 cm³/mol. The molecule has 1 N–H and O–H groups in total. The van der Waals surface area contributed by atoms with Crippen LogP contribution in [0.15, 0.2) is 60.7 Å². The van der Waals surface area contributed by atoms with Crippen molar-refractivity contribution in [3.63, 3.8) is 0 Å². The fourth-order valence-electron chi connectivity index (χ4n) is 3.84. The van der Waals surface area contributed by atoms with Crippen LogP contribution in [0.5, 0.6) is 0 Å². The topological polar surface area (TPSA) is 15.3 Å². The van der Waals surface area contributed by atoms with Crippen LogP contribution in [0.3, 0.4) is 0 Å². The van der Waals surface area contributed by atoms with E-state index in [4.69, 9.17) is 0 Å². The lowest BCUT2D eigenvalue weighted by Crippen LogP contribution is -2.20. The number of anilines is 5. The largest absolute Gasteiger partial charge is 0.352 e. The van der Waals surface area contributed by atoms with Gasteiger partial charge in [0.2, 0.25) is 0 Å². The van der Waals surface area contributed by atoms with E-state index in [0.717, 1.165) is 11.4 Å². The van der Waals surface area contributed by atoms with Crippen molar-refractivity contribution >= 4 is 28.4 Å². The Hall–Kier alpha value is -2.74.